The molecule has 2 aliphatic rings. The van der Waals surface area contributed by atoms with Gasteiger partial charge >= 0.3 is 0 Å². The molecule has 0 aliphatic carbocycles. The molecule has 7 nitrogen and oxygen atoms in total. The lowest BCUT2D eigenvalue weighted by Gasteiger charge is -2.36. The second-order valence-corrected chi connectivity index (χ2v) is 8.56. The summed E-state index contributed by atoms with van der Waals surface area (Å²) in [6.07, 6.45) is 0.197. The summed E-state index contributed by atoms with van der Waals surface area (Å²) < 4.78 is 6.14. The zero-order valence-corrected chi connectivity index (χ0v) is 22.4. The maximum atomic E-state index is 12.0. The molecule has 2 fully saturated rings. The summed E-state index contributed by atoms with van der Waals surface area (Å²) >= 11 is 0. The first kappa shape index (κ1) is 26.4. The molecule has 2 aromatic rings. The average Bonchev–Trinajstić information content (AvgIpc) is 3.28. The van der Waals surface area contributed by atoms with Crippen LogP contribution >= 0.6 is 24.0 Å². The van der Waals surface area contributed by atoms with Crippen LogP contribution in [0.4, 0.5) is 0 Å². The molecule has 0 radical (unpaired) electrons. The SMILES string of the molecule is CCNC(=O)c1ccc(CN=C(NCC)N2CC3OCCN(Cc4ccccc4)C3C2)cc1.I. The van der Waals surface area contributed by atoms with Crippen LogP contribution in [0.15, 0.2) is 59.6 Å². The number of hydrogen-bond donors (Lipinski definition) is 2. The molecule has 0 saturated carbocycles. The van der Waals surface area contributed by atoms with E-state index in [1.807, 2.05) is 31.2 Å². The van der Waals surface area contributed by atoms with E-state index >= 15 is 0 Å². The van der Waals surface area contributed by atoms with Crippen molar-refractivity contribution >= 4 is 35.8 Å². The van der Waals surface area contributed by atoms with Gasteiger partial charge in [0.1, 0.15) is 0 Å². The van der Waals surface area contributed by atoms with Crippen molar-refractivity contribution < 1.29 is 9.53 Å². The van der Waals surface area contributed by atoms with Gasteiger partial charge in [0.15, 0.2) is 5.96 Å². The number of likely N-dealkylation sites (tertiary alicyclic amines) is 1. The summed E-state index contributed by atoms with van der Waals surface area (Å²) in [5.74, 6) is 0.878. The maximum absolute atomic E-state index is 12.0. The van der Waals surface area contributed by atoms with E-state index in [1.54, 1.807) is 0 Å². The van der Waals surface area contributed by atoms with E-state index in [1.165, 1.54) is 5.56 Å². The van der Waals surface area contributed by atoms with Crippen LogP contribution in [-0.2, 0) is 17.8 Å². The second kappa shape index (κ2) is 13.1. The van der Waals surface area contributed by atoms with Crippen LogP contribution < -0.4 is 10.6 Å². The molecular weight excluding hydrogens is 541 g/mol. The van der Waals surface area contributed by atoms with Gasteiger partial charge in [-0.05, 0) is 37.1 Å². The van der Waals surface area contributed by atoms with Crippen molar-refractivity contribution in [2.24, 2.45) is 4.99 Å². The fraction of sp³-hybridized carbons (Fsp3) is 0.462. The lowest BCUT2D eigenvalue weighted by atomic mass is 10.1. The Morgan fingerprint density at radius 3 is 2.44 bits per heavy atom. The van der Waals surface area contributed by atoms with E-state index in [0.717, 1.165) is 50.9 Å². The molecule has 0 aromatic heterocycles. The Morgan fingerprint density at radius 1 is 1.00 bits per heavy atom. The van der Waals surface area contributed by atoms with Gasteiger partial charge in [0, 0.05) is 44.8 Å². The predicted molar refractivity (Wildman–Crippen MR) is 147 cm³/mol. The fourth-order valence-electron chi connectivity index (χ4n) is 4.56. The molecule has 8 heteroatoms. The van der Waals surface area contributed by atoms with E-state index < -0.39 is 0 Å². The van der Waals surface area contributed by atoms with Crippen LogP contribution in [0.25, 0.3) is 0 Å². The molecule has 2 atom stereocenters. The minimum atomic E-state index is -0.0411. The Balaban J connectivity index is 0.00000324. The van der Waals surface area contributed by atoms with E-state index in [0.29, 0.717) is 24.7 Å². The van der Waals surface area contributed by atoms with E-state index in [2.05, 4.69) is 57.7 Å². The lowest BCUT2D eigenvalue weighted by molar-refractivity contribution is -0.0502. The van der Waals surface area contributed by atoms with Crippen LogP contribution in [0.1, 0.15) is 35.3 Å². The van der Waals surface area contributed by atoms with Crippen molar-refractivity contribution in [1.82, 2.24) is 20.4 Å². The van der Waals surface area contributed by atoms with Crippen LogP contribution in [0.2, 0.25) is 0 Å². The molecule has 184 valence electrons. The highest BCUT2D eigenvalue weighted by molar-refractivity contribution is 14.0. The number of hydrogen-bond acceptors (Lipinski definition) is 4. The standard InChI is InChI=1S/C26H35N5O2.HI/c1-3-27-25(32)22-12-10-20(11-13-22)16-29-26(28-4-2)31-18-23-24(19-31)33-15-14-30(23)17-21-8-6-5-7-9-21;/h5-13,23-24H,3-4,14-19H2,1-2H3,(H,27,32)(H,28,29);1H. The van der Waals surface area contributed by atoms with Gasteiger partial charge in [0.25, 0.3) is 5.91 Å². The summed E-state index contributed by atoms with van der Waals surface area (Å²) in [5, 5.41) is 6.28. The lowest BCUT2D eigenvalue weighted by Crippen LogP contribution is -2.50. The number of carbonyl (C=O) groups is 1. The molecule has 2 saturated heterocycles. The number of halogens is 1. The minimum absolute atomic E-state index is 0. The largest absolute Gasteiger partial charge is 0.373 e. The van der Waals surface area contributed by atoms with E-state index in [9.17, 15) is 4.79 Å². The van der Waals surface area contributed by atoms with Crippen molar-refractivity contribution in [3.8, 4) is 0 Å². The summed E-state index contributed by atoms with van der Waals surface area (Å²) in [5.41, 5.74) is 3.10. The number of aliphatic imine (C=N–C) groups is 1. The molecule has 34 heavy (non-hydrogen) atoms. The van der Waals surface area contributed by atoms with Crippen molar-refractivity contribution in [3.63, 3.8) is 0 Å². The van der Waals surface area contributed by atoms with Crippen molar-refractivity contribution in [2.75, 3.05) is 39.3 Å². The molecule has 2 heterocycles. The number of ether oxygens (including phenoxy) is 1. The number of benzene rings is 2. The number of amides is 1. The number of carbonyl (C=O) groups excluding carboxylic acids is 1. The number of rotatable bonds is 7. The molecule has 2 N–H and O–H groups in total. The average molecular weight is 578 g/mol. The van der Waals surface area contributed by atoms with Crippen molar-refractivity contribution in [1.29, 1.82) is 0 Å². The quantitative estimate of drug-likeness (QED) is 0.301. The molecule has 2 aliphatic heterocycles. The Labute approximate surface area is 220 Å². The Hall–Kier alpha value is -2.17. The molecule has 2 unspecified atom stereocenters. The van der Waals surface area contributed by atoms with Crippen LogP contribution in [0.3, 0.4) is 0 Å². The highest BCUT2D eigenvalue weighted by Gasteiger charge is 2.41. The molecular formula is C26H36IN5O2. The summed E-state index contributed by atoms with van der Waals surface area (Å²) in [4.78, 5) is 21.7. The van der Waals surface area contributed by atoms with Gasteiger partial charge in [-0.3, -0.25) is 9.69 Å². The van der Waals surface area contributed by atoms with Crippen LogP contribution in [-0.4, -0.2) is 73.1 Å². The summed E-state index contributed by atoms with van der Waals surface area (Å²) in [7, 11) is 0. The van der Waals surface area contributed by atoms with Gasteiger partial charge in [0.2, 0.25) is 0 Å². The molecule has 4 rings (SSSR count). The Morgan fingerprint density at radius 2 is 1.74 bits per heavy atom. The van der Waals surface area contributed by atoms with E-state index in [-0.39, 0.29) is 36.0 Å². The highest BCUT2D eigenvalue weighted by atomic mass is 127. The first-order chi connectivity index (χ1) is 16.2. The minimum Gasteiger partial charge on any atom is -0.373 e. The third-order valence-electron chi connectivity index (χ3n) is 6.24. The molecule has 0 spiro atoms. The predicted octanol–water partition coefficient (Wildman–Crippen LogP) is 3.11. The third kappa shape index (κ3) is 6.70. The highest BCUT2D eigenvalue weighted by Crippen LogP contribution is 2.25. The van der Waals surface area contributed by atoms with Crippen molar-refractivity contribution in [2.45, 2.75) is 39.1 Å². The maximum Gasteiger partial charge on any atom is 0.251 e. The molecule has 2 aromatic carbocycles. The Bertz CT molecular complexity index is 938. The van der Waals surface area contributed by atoms with Gasteiger partial charge < -0.3 is 20.3 Å². The number of fused-ring (bicyclic) bond motifs is 1. The zero-order valence-electron chi connectivity index (χ0n) is 20.1. The third-order valence-corrected chi connectivity index (χ3v) is 6.24. The summed E-state index contributed by atoms with van der Waals surface area (Å²) in [6, 6.07) is 18.7. The normalized spacial score (nSPS) is 20.4. The zero-order chi connectivity index (χ0) is 23.0. The van der Waals surface area contributed by atoms with Gasteiger partial charge in [-0.15, -0.1) is 24.0 Å². The van der Waals surface area contributed by atoms with Crippen molar-refractivity contribution in [3.05, 3.63) is 71.3 Å². The smallest absolute Gasteiger partial charge is 0.251 e. The number of guanidine groups is 1. The van der Waals surface area contributed by atoms with Crippen LogP contribution in [0, 0.1) is 0 Å². The second-order valence-electron chi connectivity index (χ2n) is 8.56. The fourth-order valence-corrected chi connectivity index (χ4v) is 4.56. The Kier molecular flexibility index (Phi) is 10.2. The number of nitrogens with one attached hydrogen (secondary N) is 2. The van der Waals surface area contributed by atoms with Crippen LogP contribution in [0.5, 0.6) is 0 Å². The molecule has 1 amide bonds. The number of nitrogens with zero attached hydrogens (tertiary/aromatic N) is 3. The van der Waals surface area contributed by atoms with Gasteiger partial charge in [0.05, 0.1) is 25.3 Å². The van der Waals surface area contributed by atoms with E-state index in [4.69, 9.17) is 9.73 Å². The first-order valence-electron chi connectivity index (χ1n) is 12.0. The monoisotopic (exact) mass is 577 g/mol. The van der Waals surface area contributed by atoms with Gasteiger partial charge in [-0.1, -0.05) is 42.5 Å². The first-order valence-corrected chi connectivity index (χ1v) is 12.0. The number of morpholine rings is 1. The van der Waals surface area contributed by atoms with Gasteiger partial charge in [-0.2, -0.15) is 0 Å². The molecule has 0 bridgehead atoms. The summed E-state index contributed by atoms with van der Waals surface area (Å²) in [6.45, 7) is 10.4. The van der Waals surface area contributed by atoms with Gasteiger partial charge in [-0.25, -0.2) is 4.99 Å². The topological polar surface area (TPSA) is 69.2 Å².